The Kier molecular flexibility index (Phi) is 26.9. The van der Waals surface area contributed by atoms with Crippen molar-refractivity contribution < 1.29 is 106 Å². The number of hydroxylamine groups is 1. The number of anilines is 1. The van der Waals surface area contributed by atoms with E-state index in [9.17, 15) is 34.8 Å². The first-order chi connectivity index (χ1) is 42.5. The van der Waals surface area contributed by atoms with Crippen molar-refractivity contribution in [3.63, 3.8) is 0 Å². The lowest BCUT2D eigenvalue weighted by Gasteiger charge is -2.47. The zero-order valence-corrected chi connectivity index (χ0v) is 54.6. The van der Waals surface area contributed by atoms with Crippen LogP contribution in [0.25, 0.3) is 0 Å². The number of carbonyl (C=O) groups is 4. The molecule has 2 aliphatic carbocycles. The number of Topliss-reactive ketones (excluding diaryl/α,β-unsaturated/α-hetero) is 1. The average Bonchev–Trinajstić information content (AvgIpc) is 0.971. The third-order valence-corrected chi connectivity index (χ3v) is 20.2. The smallest absolute Gasteiger partial charge is 0.411 e. The van der Waals surface area contributed by atoms with E-state index in [1.165, 1.54) is 95.7 Å². The molecule has 0 spiro atoms. The zero-order chi connectivity index (χ0) is 64.9. The molecule has 4 aliphatic heterocycles. The fraction of sp³-hybridized carbons (Fsp3) is 0.627. The molecule has 1 aromatic rings. The normalized spacial score (nSPS) is 34.4. The summed E-state index contributed by atoms with van der Waals surface area (Å²) in [6.07, 6.45) is -11.7. The van der Waals surface area contributed by atoms with Gasteiger partial charge in [0.25, 0.3) is 5.91 Å². The van der Waals surface area contributed by atoms with Crippen molar-refractivity contribution in [3.05, 3.63) is 65.1 Å². The van der Waals surface area contributed by atoms with E-state index in [1.54, 1.807) is 20.1 Å². The number of methoxy groups -OCH3 is 5. The maximum atomic E-state index is 15.6. The van der Waals surface area contributed by atoms with Crippen molar-refractivity contribution >= 4 is 72.6 Å². The van der Waals surface area contributed by atoms with Gasteiger partial charge in [-0.2, -0.15) is 17.2 Å². The van der Waals surface area contributed by atoms with E-state index in [2.05, 4.69) is 51.7 Å². The summed E-state index contributed by atoms with van der Waals surface area (Å²) in [5, 5.41) is 56.8. The maximum absolute atomic E-state index is 15.6. The molecule has 0 radical (unpaired) electrons. The molecule has 26 nitrogen and oxygen atoms in total. The van der Waals surface area contributed by atoms with E-state index in [1.807, 2.05) is 33.3 Å². The molecule has 4 saturated heterocycles. The van der Waals surface area contributed by atoms with Crippen molar-refractivity contribution in [3.8, 4) is 35.2 Å². The Morgan fingerprint density at radius 1 is 0.854 bits per heavy atom. The highest BCUT2D eigenvalue weighted by Gasteiger charge is 2.57. The number of hydrogen-bond donors (Lipinski definition) is 8. The summed E-state index contributed by atoms with van der Waals surface area (Å²) in [7, 11) is 10.8. The van der Waals surface area contributed by atoms with Gasteiger partial charge in [-0.3, -0.25) is 19.7 Å². The predicted octanol–water partition coefficient (Wildman–Crippen LogP) is 3.42. The molecular formula is C59H80N4O22S4. The minimum atomic E-state index is -2.66. The Hall–Kier alpha value is -4.62. The molecule has 6 aliphatic rings. The molecule has 0 saturated carbocycles. The second-order valence-electron chi connectivity index (χ2n) is 21.4. The van der Waals surface area contributed by atoms with Gasteiger partial charge < -0.3 is 92.6 Å². The summed E-state index contributed by atoms with van der Waals surface area (Å²) < 4.78 is 77.9. The molecule has 89 heavy (non-hydrogen) atoms. The number of amides is 2. The largest absolute Gasteiger partial charge is 0.493 e. The number of rotatable bonds is 25. The summed E-state index contributed by atoms with van der Waals surface area (Å²) in [4.78, 5) is 62.5. The Balaban J connectivity index is 1.27. The fourth-order valence-corrected chi connectivity index (χ4v) is 14.1. The summed E-state index contributed by atoms with van der Waals surface area (Å²) in [5.41, 5.74) is -0.949. The number of fused-ring (bicyclic) bond motifs is 2. The summed E-state index contributed by atoms with van der Waals surface area (Å²) in [5.74, 6) is 8.60. The number of aliphatic hydroxyl groups is 4. The van der Waals surface area contributed by atoms with E-state index < -0.39 is 134 Å². The highest BCUT2D eigenvalue weighted by Crippen LogP contribution is 2.44. The highest BCUT2D eigenvalue weighted by molar-refractivity contribution is 9.09. The number of hydrogen-bond acceptors (Lipinski definition) is 28. The quantitative estimate of drug-likeness (QED) is 0.0132. The van der Waals surface area contributed by atoms with Crippen LogP contribution in [-0.2, 0) is 66.5 Å². The molecule has 30 heteroatoms. The molecule has 4 heterocycles. The van der Waals surface area contributed by atoms with Crippen LogP contribution in [0.3, 0.4) is 0 Å². The summed E-state index contributed by atoms with van der Waals surface area (Å²) >= 11 is 1.47. The molecule has 19 atom stereocenters. The van der Waals surface area contributed by atoms with Crippen LogP contribution in [0, 0.1) is 23.7 Å². The minimum absolute atomic E-state index is 0.0843. The van der Waals surface area contributed by atoms with Crippen molar-refractivity contribution in [2.24, 2.45) is 0 Å². The number of esters is 1. The first-order valence-electron chi connectivity index (χ1n) is 28.4. The number of nitrogens with one attached hydrogen (secondary N) is 4. The van der Waals surface area contributed by atoms with E-state index >= 15 is 4.79 Å². The molecular weight excluding hydrogens is 1240 g/mol. The molecule has 4 fully saturated rings. The molecule has 2 bridgehead atoms. The topological polar surface area (TPSA) is 327 Å². The lowest BCUT2D eigenvalue weighted by molar-refractivity contribution is -0.336. The Morgan fingerprint density at radius 2 is 1.56 bits per heavy atom. The molecule has 1 aromatic carbocycles. The standard InChI is InChI=1S/C59H80N4O22S4/c1-28(2)60-36-27-77-43(25-39(36)73-8)83-52-50(66)47(63-85-45-24-37(64)53(86-12)31(5)79-45)29(3)80-57(52)82-38-18-16-14-15-17-20-59(71)34(19-21-88-89-87-13)46(38)48(62-58(70)76-11)51(67)54(59)84-44-26-42(49(65)30(4)78-44)81-56(69)33-22-40(74-9)41(75-10)23-35(33)61-55(68)32(6)72-7/h14-15,19,22-23,28-31,36-39,42-45,47,49-50,52-54,57,60,63-66,71H,6,21,24-27H2,1-5,7-13H3,(H,61,68)(H,62,70)/b15-14-,34-19-/t29-,30-,31-,36-,37+,38-,39-,42-,43-,44-,45+,47-,49+,50+,52-,53-,54+,57+,59+/m0/s1. The zero-order valence-electron chi connectivity index (χ0n) is 51.4. The van der Waals surface area contributed by atoms with Crippen LogP contribution in [0.4, 0.5) is 10.5 Å². The predicted molar refractivity (Wildman–Crippen MR) is 330 cm³/mol. The molecule has 7 rings (SSSR count). The number of allylic oxidation sites excluding steroid dienone is 2. The maximum Gasteiger partial charge on any atom is 0.411 e. The first kappa shape index (κ1) is 71.8. The van der Waals surface area contributed by atoms with Crippen LogP contribution >= 0.6 is 43.2 Å². The van der Waals surface area contributed by atoms with Gasteiger partial charge in [-0.25, -0.2) is 9.59 Å². The second kappa shape index (κ2) is 33.3. The first-order valence-corrected chi connectivity index (χ1v) is 33.8. The fourth-order valence-electron chi connectivity index (χ4n) is 10.8. The third-order valence-electron chi connectivity index (χ3n) is 15.2. The van der Waals surface area contributed by atoms with E-state index in [0.29, 0.717) is 0 Å². The second-order valence-corrected chi connectivity index (χ2v) is 26.8. The van der Waals surface area contributed by atoms with Crippen LogP contribution in [0.5, 0.6) is 11.5 Å². The number of carbonyl (C=O) groups excluding carboxylic acids is 4. The van der Waals surface area contributed by atoms with Gasteiger partial charge in [-0.05, 0) is 55.3 Å². The van der Waals surface area contributed by atoms with Crippen molar-refractivity contribution in [1.29, 1.82) is 0 Å². The van der Waals surface area contributed by atoms with Crippen LogP contribution in [0.2, 0.25) is 0 Å². The Labute approximate surface area is 533 Å². The molecule has 0 aromatic heterocycles. The number of aliphatic hydroxyl groups excluding tert-OH is 3. The number of thioether (sulfide) groups is 1. The van der Waals surface area contributed by atoms with Gasteiger partial charge in [0, 0.05) is 61.4 Å². The van der Waals surface area contributed by atoms with E-state index in [0.717, 1.165) is 7.11 Å². The van der Waals surface area contributed by atoms with Crippen LogP contribution in [-0.4, -0.2) is 226 Å². The Bertz CT molecular complexity index is 2890. The van der Waals surface area contributed by atoms with E-state index in [4.69, 9.17) is 66.4 Å². The number of ketones is 1. The lowest BCUT2D eigenvalue weighted by atomic mass is 9.73. The number of alkyl carbamates (subject to hydrolysis) is 1. The van der Waals surface area contributed by atoms with Gasteiger partial charge in [-0.15, -0.1) is 0 Å². The minimum Gasteiger partial charge on any atom is -0.493 e. The average molecular weight is 1330 g/mol. The van der Waals surface area contributed by atoms with Crippen molar-refractivity contribution in [2.45, 2.75) is 175 Å². The summed E-state index contributed by atoms with van der Waals surface area (Å²) in [6, 6.07) is 1.39. The van der Waals surface area contributed by atoms with Gasteiger partial charge in [0.15, 0.2) is 54.1 Å². The van der Waals surface area contributed by atoms with Crippen molar-refractivity contribution in [1.82, 2.24) is 16.1 Å². The summed E-state index contributed by atoms with van der Waals surface area (Å²) in [6.45, 7) is 12.6. The van der Waals surface area contributed by atoms with Crippen LogP contribution in [0.15, 0.2) is 59.5 Å². The molecule has 0 unspecified atom stereocenters. The number of benzene rings is 1. The Morgan fingerprint density at radius 3 is 2.22 bits per heavy atom. The van der Waals surface area contributed by atoms with Gasteiger partial charge in [0.1, 0.15) is 30.5 Å². The molecule has 492 valence electrons. The molecule has 8 N–H and O–H groups in total. The monoisotopic (exact) mass is 1320 g/mol. The highest BCUT2D eigenvalue weighted by atomic mass is 33.5. The van der Waals surface area contributed by atoms with Crippen molar-refractivity contribution in [2.75, 3.05) is 65.7 Å². The van der Waals surface area contributed by atoms with Gasteiger partial charge in [0.05, 0.1) is 99.8 Å². The van der Waals surface area contributed by atoms with Crippen LogP contribution < -0.4 is 30.9 Å². The van der Waals surface area contributed by atoms with Gasteiger partial charge in [0.2, 0.25) is 5.78 Å². The lowest BCUT2D eigenvalue weighted by Crippen LogP contribution is -2.65. The number of ether oxygens (including phenoxy) is 13. The molecule has 2 amide bonds. The van der Waals surface area contributed by atoms with Gasteiger partial charge in [-0.1, -0.05) is 71.8 Å². The SMILES string of the molecule is C=C(OC)C(=O)Nc1cc(OC)c(OC)cc1C(=O)O[C@H]1C[C@H](O[C@@H]2C(=O)C(NC(=O)OC)=C3/C(=C/CSSSC)[C@]2(O)C#C/C=C\C#C[C@@H]3O[C@H]2O[C@@H](C)[C@H](NO[C@@H]3C[C@@H](O)[C@@H](SC)[C@H](C)O3)[C@@H](O)[C@@H]2O[C@H]2C[C@H](OC)[C@@H](NC(C)C)CO2)O[C@@H](C)[C@H]1O. The van der Waals surface area contributed by atoms with E-state index in [-0.39, 0.29) is 88.3 Å². The third kappa shape index (κ3) is 17.6. The van der Waals surface area contributed by atoms with Crippen LogP contribution in [0.1, 0.15) is 64.2 Å². The van der Waals surface area contributed by atoms with Gasteiger partial charge >= 0.3 is 12.1 Å².